The van der Waals surface area contributed by atoms with Crippen LogP contribution in [0.5, 0.6) is 0 Å². The Bertz CT molecular complexity index is 527. The molecule has 1 aromatic heterocycles. The maximum Gasteiger partial charge on any atom is 0.248 e. The van der Waals surface area contributed by atoms with E-state index in [-0.39, 0.29) is 0 Å². The predicted molar refractivity (Wildman–Crippen MR) is 76.0 cm³/mol. The average molecular weight is 275 g/mol. The molecule has 2 N–H and O–H groups in total. The lowest BCUT2D eigenvalue weighted by Crippen LogP contribution is -2.28. The van der Waals surface area contributed by atoms with Crippen molar-refractivity contribution in [3.63, 3.8) is 0 Å². The first-order valence-electron chi connectivity index (χ1n) is 6.86. The van der Waals surface area contributed by atoms with Crippen molar-refractivity contribution in [3.8, 4) is 0 Å². The molecule has 108 valence electrons. The molecular weight excluding hydrogens is 254 g/mol. The first-order valence-corrected chi connectivity index (χ1v) is 6.86. The first kappa shape index (κ1) is 14.7. The third-order valence-electron chi connectivity index (χ3n) is 3.81. The van der Waals surface area contributed by atoms with Crippen LogP contribution in [0, 0.1) is 0 Å². The van der Waals surface area contributed by atoms with Gasteiger partial charge in [0.2, 0.25) is 11.7 Å². The van der Waals surface area contributed by atoms with Gasteiger partial charge in [-0.3, -0.25) is 0 Å². The van der Waals surface area contributed by atoms with Crippen LogP contribution in [0.4, 0.5) is 0 Å². The molecule has 5 heteroatoms. The van der Waals surface area contributed by atoms with Gasteiger partial charge in [0.15, 0.2) is 0 Å². The van der Waals surface area contributed by atoms with Crippen LogP contribution in [0.2, 0.25) is 0 Å². The normalized spacial score (nSPS) is 13.4. The Hall–Kier alpha value is -1.72. The van der Waals surface area contributed by atoms with Gasteiger partial charge in [-0.15, -0.1) is 0 Å². The standard InChI is InChI=1S/C15H21N3O2/c1-4-15(5-2,19-3)14-17-13(20-18-14)12(16)11-9-7-6-8-10-11/h6-10,12H,4-5,16H2,1-3H3/t12-/m0/s1. The van der Waals surface area contributed by atoms with Crippen molar-refractivity contribution < 1.29 is 9.26 Å². The van der Waals surface area contributed by atoms with Gasteiger partial charge >= 0.3 is 0 Å². The number of hydrogen-bond donors (Lipinski definition) is 1. The smallest absolute Gasteiger partial charge is 0.248 e. The number of benzene rings is 1. The van der Waals surface area contributed by atoms with Crippen molar-refractivity contribution in [3.05, 3.63) is 47.6 Å². The molecule has 1 aromatic carbocycles. The summed E-state index contributed by atoms with van der Waals surface area (Å²) in [7, 11) is 1.67. The molecule has 0 radical (unpaired) electrons. The van der Waals surface area contributed by atoms with E-state index in [1.807, 2.05) is 44.2 Å². The number of hydrogen-bond acceptors (Lipinski definition) is 5. The quantitative estimate of drug-likeness (QED) is 0.877. The van der Waals surface area contributed by atoms with Crippen LogP contribution in [-0.4, -0.2) is 17.3 Å². The van der Waals surface area contributed by atoms with E-state index in [2.05, 4.69) is 10.1 Å². The van der Waals surface area contributed by atoms with Crippen LogP contribution in [0.25, 0.3) is 0 Å². The zero-order chi connectivity index (χ0) is 14.6. The van der Waals surface area contributed by atoms with Gasteiger partial charge in [0.1, 0.15) is 11.6 Å². The number of ether oxygens (including phenoxy) is 1. The lowest BCUT2D eigenvalue weighted by molar-refractivity contribution is -0.0306. The molecule has 0 saturated carbocycles. The summed E-state index contributed by atoms with van der Waals surface area (Å²) in [6.45, 7) is 4.08. The van der Waals surface area contributed by atoms with Crippen molar-refractivity contribution >= 4 is 0 Å². The van der Waals surface area contributed by atoms with E-state index in [1.54, 1.807) is 7.11 Å². The highest BCUT2D eigenvalue weighted by molar-refractivity contribution is 5.23. The zero-order valence-corrected chi connectivity index (χ0v) is 12.2. The Kier molecular flexibility index (Phi) is 4.52. The van der Waals surface area contributed by atoms with E-state index in [4.69, 9.17) is 15.0 Å². The molecule has 0 aliphatic heterocycles. The second-order valence-electron chi connectivity index (χ2n) is 4.75. The molecule has 0 saturated heterocycles. The fourth-order valence-electron chi connectivity index (χ4n) is 2.30. The Morgan fingerprint density at radius 3 is 2.45 bits per heavy atom. The fraction of sp³-hybridized carbons (Fsp3) is 0.467. The summed E-state index contributed by atoms with van der Waals surface area (Å²) in [5, 5.41) is 4.06. The summed E-state index contributed by atoms with van der Waals surface area (Å²) in [6.07, 6.45) is 1.55. The average Bonchev–Trinajstić information content (AvgIpc) is 3.00. The molecule has 5 nitrogen and oxygen atoms in total. The minimum atomic E-state index is -0.502. The molecule has 0 spiro atoms. The van der Waals surface area contributed by atoms with Crippen LogP contribution in [-0.2, 0) is 10.3 Å². The summed E-state index contributed by atoms with van der Waals surface area (Å²) in [6, 6.07) is 9.28. The summed E-state index contributed by atoms with van der Waals surface area (Å²) in [4.78, 5) is 4.44. The minimum Gasteiger partial charge on any atom is -0.370 e. The maximum atomic E-state index is 6.16. The second kappa shape index (κ2) is 6.15. The molecule has 2 aromatic rings. The summed E-state index contributed by atoms with van der Waals surface area (Å²) < 4.78 is 10.9. The Labute approximate surface area is 119 Å². The molecule has 0 unspecified atom stereocenters. The van der Waals surface area contributed by atoms with Crippen LogP contribution in [0.15, 0.2) is 34.9 Å². The SMILES string of the molecule is CCC(CC)(OC)c1noc([C@@H](N)c2ccccc2)n1. The molecule has 2 rings (SSSR count). The van der Waals surface area contributed by atoms with Gasteiger partial charge < -0.3 is 15.0 Å². The highest BCUT2D eigenvalue weighted by Crippen LogP contribution is 2.31. The minimum absolute atomic E-state index is 0.412. The molecule has 0 aliphatic carbocycles. The molecule has 0 fully saturated rings. The van der Waals surface area contributed by atoms with E-state index in [0.717, 1.165) is 18.4 Å². The lowest BCUT2D eigenvalue weighted by Gasteiger charge is -2.25. The fourth-order valence-corrected chi connectivity index (χ4v) is 2.30. The predicted octanol–water partition coefficient (Wildman–Crippen LogP) is 2.78. The summed E-state index contributed by atoms with van der Waals surface area (Å²) in [5.74, 6) is 0.973. The zero-order valence-electron chi connectivity index (χ0n) is 12.2. The van der Waals surface area contributed by atoms with E-state index in [9.17, 15) is 0 Å². The summed E-state index contributed by atoms with van der Waals surface area (Å²) >= 11 is 0. The van der Waals surface area contributed by atoms with Crippen molar-refractivity contribution in [2.75, 3.05) is 7.11 Å². The van der Waals surface area contributed by atoms with Gasteiger partial charge in [0.05, 0.1) is 0 Å². The number of aromatic nitrogens is 2. The van der Waals surface area contributed by atoms with E-state index in [0.29, 0.717) is 11.7 Å². The lowest BCUT2D eigenvalue weighted by atomic mass is 9.96. The number of nitrogens with zero attached hydrogens (tertiary/aromatic N) is 2. The first-order chi connectivity index (χ1) is 9.66. The molecule has 20 heavy (non-hydrogen) atoms. The van der Waals surface area contributed by atoms with Gasteiger partial charge in [-0.2, -0.15) is 4.98 Å². The van der Waals surface area contributed by atoms with Crippen LogP contribution < -0.4 is 5.73 Å². The third kappa shape index (κ3) is 2.59. The van der Waals surface area contributed by atoms with Crippen molar-refractivity contribution in [2.24, 2.45) is 5.73 Å². The Morgan fingerprint density at radius 1 is 1.25 bits per heavy atom. The topological polar surface area (TPSA) is 74.2 Å². The molecule has 0 bridgehead atoms. The highest BCUT2D eigenvalue weighted by atomic mass is 16.5. The number of nitrogens with two attached hydrogens (primary N) is 1. The molecular formula is C15H21N3O2. The number of rotatable bonds is 6. The Morgan fingerprint density at radius 2 is 1.90 bits per heavy atom. The van der Waals surface area contributed by atoms with Crippen molar-refractivity contribution in [1.82, 2.24) is 10.1 Å². The van der Waals surface area contributed by atoms with Gasteiger partial charge in [0, 0.05) is 7.11 Å². The van der Waals surface area contributed by atoms with Gasteiger partial charge in [0.25, 0.3) is 0 Å². The molecule has 0 aliphatic rings. The Balaban J connectivity index is 2.29. The van der Waals surface area contributed by atoms with Gasteiger partial charge in [-0.1, -0.05) is 49.3 Å². The van der Waals surface area contributed by atoms with Crippen LogP contribution in [0.3, 0.4) is 0 Å². The maximum absolute atomic E-state index is 6.16. The van der Waals surface area contributed by atoms with E-state index in [1.165, 1.54) is 0 Å². The molecule has 0 amide bonds. The van der Waals surface area contributed by atoms with Gasteiger partial charge in [-0.05, 0) is 18.4 Å². The van der Waals surface area contributed by atoms with E-state index < -0.39 is 11.6 Å². The highest BCUT2D eigenvalue weighted by Gasteiger charge is 2.34. The second-order valence-corrected chi connectivity index (χ2v) is 4.75. The van der Waals surface area contributed by atoms with Crippen LogP contribution in [0.1, 0.15) is 50.0 Å². The van der Waals surface area contributed by atoms with Crippen LogP contribution >= 0.6 is 0 Å². The molecule has 1 atom stereocenters. The van der Waals surface area contributed by atoms with Gasteiger partial charge in [-0.25, -0.2) is 0 Å². The summed E-state index contributed by atoms with van der Waals surface area (Å²) in [5.41, 5.74) is 6.60. The molecule has 1 heterocycles. The van der Waals surface area contributed by atoms with Crippen molar-refractivity contribution in [2.45, 2.75) is 38.3 Å². The largest absolute Gasteiger partial charge is 0.370 e. The monoisotopic (exact) mass is 275 g/mol. The van der Waals surface area contributed by atoms with E-state index >= 15 is 0 Å². The number of methoxy groups -OCH3 is 1. The third-order valence-corrected chi connectivity index (χ3v) is 3.81. The van der Waals surface area contributed by atoms with Crippen molar-refractivity contribution in [1.29, 1.82) is 0 Å².